The molecule has 0 aromatic heterocycles. The summed E-state index contributed by atoms with van der Waals surface area (Å²) in [4.78, 5) is 14.8. The molecular formula is C30H30ClF2NOS. The zero-order chi connectivity index (χ0) is 25.7. The normalized spacial score (nSPS) is 18.4. The Morgan fingerprint density at radius 3 is 2.42 bits per heavy atom. The number of carbonyl (C=O) groups excluding carboxylic acids is 1. The van der Waals surface area contributed by atoms with Crippen molar-refractivity contribution in [2.24, 2.45) is 0 Å². The Kier molecular flexibility index (Phi) is 8.66. The fourth-order valence-electron chi connectivity index (χ4n) is 5.22. The summed E-state index contributed by atoms with van der Waals surface area (Å²) in [6, 6.07) is 20.1. The van der Waals surface area contributed by atoms with Crippen LogP contribution in [0.4, 0.5) is 8.78 Å². The number of benzene rings is 3. The van der Waals surface area contributed by atoms with Gasteiger partial charge in [-0.25, -0.2) is 8.78 Å². The minimum absolute atomic E-state index is 0.0220. The molecule has 2 heterocycles. The fourth-order valence-corrected chi connectivity index (χ4v) is 7.15. The molecule has 0 N–H and O–H groups in total. The zero-order valence-corrected chi connectivity index (χ0v) is 21.8. The molecule has 0 saturated carbocycles. The van der Waals surface area contributed by atoms with E-state index in [1.807, 2.05) is 12.1 Å². The van der Waals surface area contributed by atoms with Crippen LogP contribution in [0, 0.1) is 11.6 Å². The van der Waals surface area contributed by atoms with Crippen molar-refractivity contribution in [2.75, 3.05) is 19.6 Å². The molecule has 1 unspecified atom stereocenters. The molecule has 1 saturated heterocycles. The lowest BCUT2D eigenvalue weighted by Crippen LogP contribution is -2.40. The number of carbonyl (C=O) groups is 1. The predicted molar refractivity (Wildman–Crippen MR) is 146 cm³/mol. The molecule has 0 bridgehead atoms. The Balaban J connectivity index is 0.00000148. The van der Waals surface area contributed by atoms with Crippen LogP contribution >= 0.6 is 23.4 Å². The quantitative estimate of drug-likeness (QED) is 0.239. The SMILES string of the molecule is C=C.O=C(CCCN1CCC2(CC1)SC(c1ccc(Cl)cc1)c1ccccc12)c1ccc(F)cc1F. The van der Waals surface area contributed by atoms with Crippen LogP contribution in [-0.2, 0) is 4.75 Å². The molecule has 2 aliphatic heterocycles. The maximum absolute atomic E-state index is 13.9. The summed E-state index contributed by atoms with van der Waals surface area (Å²) in [6.07, 6.45) is 3.04. The Morgan fingerprint density at radius 2 is 1.72 bits per heavy atom. The number of fused-ring (bicyclic) bond motifs is 2. The first kappa shape index (κ1) is 26.6. The number of halogens is 3. The van der Waals surface area contributed by atoms with Gasteiger partial charge in [-0.3, -0.25) is 4.79 Å². The van der Waals surface area contributed by atoms with Gasteiger partial charge in [0.2, 0.25) is 0 Å². The van der Waals surface area contributed by atoms with Gasteiger partial charge >= 0.3 is 0 Å². The highest BCUT2D eigenvalue weighted by Crippen LogP contribution is 2.61. The number of Topliss-reactive ketones (excluding diaryl/α,β-unsaturated/α-hetero) is 1. The lowest BCUT2D eigenvalue weighted by Gasteiger charge is -2.39. The van der Waals surface area contributed by atoms with Crippen LogP contribution in [0.15, 0.2) is 79.9 Å². The van der Waals surface area contributed by atoms with E-state index < -0.39 is 11.6 Å². The van der Waals surface area contributed by atoms with Crippen LogP contribution in [0.5, 0.6) is 0 Å². The third-order valence-electron chi connectivity index (χ3n) is 7.02. The van der Waals surface area contributed by atoms with Gasteiger partial charge in [0.15, 0.2) is 5.78 Å². The highest BCUT2D eigenvalue weighted by atomic mass is 35.5. The molecule has 36 heavy (non-hydrogen) atoms. The molecule has 3 aromatic carbocycles. The van der Waals surface area contributed by atoms with Crippen molar-refractivity contribution in [1.29, 1.82) is 0 Å². The van der Waals surface area contributed by atoms with Gasteiger partial charge in [0.25, 0.3) is 0 Å². The zero-order valence-electron chi connectivity index (χ0n) is 20.2. The van der Waals surface area contributed by atoms with Gasteiger partial charge in [0.1, 0.15) is 11.6 Å². The summed E-state index contributed by atoms with van der Waals surface area (Å²) in [5, 5.41) is 1.06. The molecule has 3 aromatic rings. The predicted octanol–water partition coefficient (Wildman–Crippen LogP) is 8.21. The number of nitrogens with zero attached hydrogens (tertiary/aromatic N) is 1. The Labute approximate surface area is 221 Å². The number of hydrogen-bond acceptors (Lipinski definition) is 3. The van der Waals surface area contributed by atoms with Crippen molar-refractivity contribution in [1.82, 2.24) is 4.90 Å². The Bertz CT molecular complexity index is 1210. The van der Waals surface area contributed by atoms with Crippen LogP contribution < -0.4 is 0 Å². The Hall–Kier alpha value is -2.47. The Morgan fingerprint density at radius 1 is 1.03 bits per heavy atom. The van der Waals surface area contributed by atoms with Crippen molar-refractivity contribution in [3.05, 3.63) is 119 Å². The van der Waals surface area contributed by atoms with Crippen LogP contribution in [0.25, 0.3) is 0 Å². The standard InChI is InChI=1S/C28H26ClF2NOS.C2H4/c29-20-9-7-19(8-10-20)27-22-4-1-2-5-24(22)28(34-27)13-16-32(17-14-28)15-3-6-26(33)23-12-11-21(30)18-25(23)31;1-2/h1-2,4-5,7-12,18,27H,3,6,13-17H2;1-2H2. The molecule has 1 spiro atoms. The summed E-state index contributed by atoms with van der Waals surface area (Å²) >= 11 is 8.18. The van der Waals surface area contributed by atoms with Crippen molar-refractivity contribution < 1.29 is 13.6 Å². The van der Waals surface area contributed by atoms with E-state index in [4.69, 9.17) is 11.6 Å². The number of hydrogen-bond donors (Lipinski definition) is 0. The average molecular weight is 526 g/mol. The molecule has 0 aliphatic carbocycles. The molecule has 0 amide bonds. The molecular weight excluding hydrogens is 496 g/mol. The van der Waals surface area contributed by atoms with Gasteiger partial charge in [-0.05, 0) is 79.9 Å². The molecule has 2 nitrogen and oxygen atoms in total. The van der Waals surface area contributed by atoms with E-state index in [0.29, 0.717) is 11.7 Å². The van der Waals surface area contributed by atoms with Gasteiger partial charge in [-0.2, -0.15) is 0 Å². The van der Waals surface area contributed by atoms with E-state index >= 15 is 0 Å². The van der Waals surface area contributed by atoms with Gasteiger partial charge in [-0.15, -0.1) is 24.9 Å². The number of rotatable bonds is 6. The van der Waals surface area contributed by atoms with Gasteiger partial charge in [0.05, 0.1) is 10.8 Å². The van der Waals surface area contributed by atoms with Crippen LogP contribution in [0.2, 0.25) is 5.02 Å². The second-order valence-electron chi connectivity index (χ2n) is 9.12. The van der Waals surface area contributed by atoms with E-state index in [-0.39, 0.29) is 22.5 Å². The van der Waals surface area contributed by atoms with E-state index in [1.165, 1.54) is 22.8 Å². The summed E-state index contributed by atoms with van der Waals surface area (Å²) in [7, 11) is 0. The third kappa shape index (κ3) is 5.59. The van der Waals surface area contributed by atoms with Crippen LogP contribution in [0.1, 0.15) is 58.0 Å². The summed E-state index contributed by atoms with van der Waals surface area (Å²) in [5.74, 6) is -1.71. The molecule has 1 atom stereocenters. The molecule has 5 rings (SSSR count). The maximum atomic E-state index is 13.9. The number of piperidine rings is 1. The molecule has 0 radical (unpaired) electrons. The van der Waals surface area contributed by atoms with Crippen molar-refractivity contribution in [3.8, 4) is 0 Å². The summed E-state index contributed by atoms with van der Waals surface area (Å²) < 4.78 is 27.1. The van der Waals surface area contributed by atoms with E-state index in [9.17, 15) is 13.6 Å². The van der Waals surface area contributed by atoms with E-state index in [1.54, 1.807) is 0 Å². The molecule has 1 fully saturated rings. The van der Waals surface area contributed by atoms with Crippen molar-refractivity contribution in [3.63, 3.8) is 0 Å². The highest BCUT2D eigenvalue weighted by molar-refractivity contribution is 8.01. The average Bonchev–Trinajstić information content (AvgIpc) is 3.21. The topological polar surface area (TPSA) is 20.3 Å². The van der Waals surface area contributed by atoms with Gasteiger partial charge in [0, 0.05) is 22.3 Å². The lowest BCUT2D eigenvalue weighted by molar-refractivity contribution is 0.0967. The van der Waals surface area contributed by atoms with Crippen LogP contribution in [0.3, 0.4) is 0 Å². The number of ketones is 1. The molecule has 188 valence electrons. The minimum Gasteiger partial charge on any atom is -0.303 e. The highest BCUT2D eigenvalue weighted by Gasteiger charge is 2.46. The van der Waals surface area contributed by atoms with Crippen molar-refractivity contribution in [2.45, 2.75) is 35.7 Å². The first-order valence-electron chi connectivity index (χ1n) is 12.2. The lowest BCUT2D eigenvalue weighted by atomic mass is 9.84. The maximum Gasteiger partial charge on any atom is 0.165 e. The van der Waals surface area contributed by atoms with Crippen LogP contribution in [-0.4, -0.2) is 30.3 Å². The monoisotopic (exact) mass is 525 g/mol. The van der Waals surface area contributed by atoms with Gasteiger partial charge in [-0.1, -0.05) is 48.0 Å². The summed E-state index contributed by atoms with van der Waals surface area (Å²) in [6.45, 7) is 8.74. The van der Waals surface area contributed by atoms with E-state index in [2.05, 4.69) is 66.2 Å². The number of thioether (sulfide) groups is 1. The first-order valence-corrected chi connectivity index (χ1v) is 13.4. The summed E-state index contributed by atoms with van der Waals surface area (Å²) in [5.41, 5.74) is 4.11. The fraction of sp³-hybridized carbons (Fsp3) is 0.300. The second-order valence-corrected chi connectivity index (χ2v) is 11.0. The smallest absolute Gasteiger partial charge is 0.165 e. The minimum atomic E-state index is -0.780. The first-order chi connectivity index (χ1) is 17.4. The van der Waals surface area contributed by atoms with Crippen molar-refractivity contribution >= 4 is 29.1 Å². The molecule has 6 heteroatoms. The van der Waals surface area contributed by atoms with Gasteiger partial charge < -0.3 is 4.90 Å². The number of likely N-dealkylation sites (tertiary alicyclic amines) is 1. The second kappa shape index (κ2) is 11.7. The van der Waals surface area contributed by atoms with E-state index in [0.717, 1.165) is 49.6 Å². The molecule has 2 aliphatic rings. The third-order valence-corrected chi connectivity index (χ3v) is 9.12. The largest absolute Gasteiger partial charge is 0.303 e.